The summed E-state index contributed by atoms with van der Waals surface area (Å²) in [4.78, 5) is 14.7. The summed E-state index contributed by atoms with van der Waals surface area (Å²) < 4.78 is 5.16. The second-order valence-electron chi connectivity index (χ2n) is 5.57. The zero-order valence-electron chi connectivity index (χ0n) is 11.2. The summed E-state index contributed by atoms with van der Waals surface area (Å²) >= 11 is 3.71. The molecule has 1 aliphatic heterocycles. The molecular formula is C15H18BrNO2. The maximum absolute atomic E-state index is 12.3. The number of halogens is 1. The van der Waals surface area contributed by atoms with Crippen molar-refractivity contribution in [3.63, 3.8) is 0 Å². The molecule has 2 bridgehead atoms. The predicted octanol–water partition coefficient (Wildman–Crippen LogP) is 2.83. The average molecular weight is 324 g/mol. The van der Waals surface area contributed by atoms with Gasteiger partial charge in [-0.1, -0.05) is 35.0 Å². The van der Waals surface area contributed by atoms with Crippen LogP contribution in [0.5, 0.6) is 5.75 Å². The van der Waals surface area contributed by atoms with E-state index in [2.05, 4.69) is 22.9 Å². The summed E-state index contributed by atoms with van der Waals surface area (Å²) in [6, 6.07) is 8.31. The lowest BCUT2D eigenvalue weighted by molar-refractivity contribution is -0.136. The van der Waals surface area contributed by atoms with E-state index >= 15 is 0 Å². The smallest absolute Gasteiger partial charge is 0.227 e. The Balaban J connectivity index is 1.77. The van der Waals surface area contributed by atoms with Crippen molar-refractivity contribution in [2.45, 2.75) is 30.8 Å². The van der Waals surface area contributed by atoms with E-state index in [9.17, 15) is 4.79 Å². The molecule has 4 unspecified atom stereocenters. The Hall–Kier alpha value is -1.03. The van der Waals surface area contributed by atoms with E-state index in [0.29, 0.717) is 29.2 Å². The van der Waals surface area contributed by atoms with Gasteiger partial charge < -0.3 is 9.64 Å². The minimum absolute atomic E-state index is 0.179. The van der Waals surface area contributed by atoms with Crippen LogP contribution in [0.4, 0.5) is 0 Å². The maximum Gasteiger partial charge on any atom is 0.227 e. The fourth-order valence-corrected chi connectivity index (χ4v) is 4.66. The molecule has 4 atom stereocenters. The lowest BCUT2D eigenvalue weighted by Crippen LogP contribution is -2.41. The third-order valence-corrected chi connectivity index (χ3v) is 5.57. The van der Waals surface area contributed by atoms with Crippen molar-refractivity contribution in [1.82, 2.24) is 4.90 Å². The molecule has 1 aromatic rings. The SMILES string of the molecule is COc1ccc(CN2C(=O)C3CC(C)C2C3Br)cc1. The first-order chi connectivity index (χ1) is 9.11. The fourth-order valence-electron chi connectivity index (χ4n) is 3.41. The van der Waals surface area contributed by atoms with Gasteiger partial charge in [0.25, 0.3) is 0 Å². The van der Waals surface area contributed by atoms with Gasteiger partial charge in [-0.05, 0) is 30.0 Å². The number of carbonyl (C=O) groups excluding carboxylic acids is 1. The lowest BCUT2D eigenvalue weighted by atomic mass is 9.99. The Morgan fingerprint density at radius 1 is 1.37 bits per heavy atom. The largest absolute Gasteiger partial charge is 0.497 e. The molecule has 3 nitrogen and oxygen atoms in total. The first kappa shape index (κ1) is 13.0. The van der Waals surface area contributed by atoms with E-state index in [1.165, 1.54) is 0 Å². The number of carbonyl (C=O) groups is 1. The molecule has 0 spiro atoms. The molecule has 102 valence electrons. The molecule has 1 saturated carbocycles. The molecule has 19 heavy (non-hydrogen) atoms. The molecule has 4 heteroatoms. The van der Waals surface area contributed by atoms with Gasteiger partial charge in [0.2, 0.25) is 5.91 Å². The topological polar surface area (TPSA) is 29.5 Å². The number of likely N-dealkylation sites (tertiary alicyclic amines) is 1. The normalized spacial score (nSPS) is 33.0. The number of piperidine rings is 1. The van der Waals surface area contributed by atoms with Gasteiger partial charge >= 0.3 is 0 Å². The highest BCUT2D eigenvalue weighted by molar-refractivity contribution is 9.09. The van der Waals surface area contributed by atoms with E-state index in [1.807, 2.05) is 29.2 Å². The Kier molecular flexibility index (Phi) is 3.29. The standard InChI is InChI=1S/C15H18BrNO2/c1-9-7-12-13(16)14(9)17(15(12)18)8-10-3-5-11(19-2)6-4-10/h3-6,9,12-14H,7-8H2,1-2H3. The molecule has 1 aromatic carbocycles. The maximum atomic E-state index is 12.3. The van der Waals surface area contributed by atoms with Crippen molar-refractivity contribution in [3.05, 3.63) is 29.8 Å². The van der Waals surface area contributed by atoms with Gasteiger partial charge in [0.1, 0.15) is 5.75 Å². The third kappa shape index (κ3) is 2.06. The van der Waals surface area contributed by atoms with E-state index in [1.54, 1.807) is 7.11 Å². The van der Waals surface area contributed by atoms with Crippen molar-refractivity contribution in [1.29, 1.82) is 0 Å². The summed E-state index contributed by atoms with van der Waals surface area (Å²) in [5.41, 5.74) is 1.16. The van der Waals surface area contributed by atoms with Crippen LogP contribution in [0.25, 0.3) is 0 Å². The Morgan fingerprint density at radius 3 is 2.63 bits per heavy atom. The van der Waals surface area contributed by atoms with E-state index in [-0.39, 0.29) is 5.92 Å². The number of hydrogen-bond donors (Lipinski definition) is 0. The number of amides is 1. The van der Waals surface area contributed by atoms with Crippen molar-refractivity contribution >= 4 is 21.8 Å². The molecule has 2 fully saturated rings. The monoisotopic (exact) mass is 323 g/mol. The molecule has 0 radical (unpaired) electrons. The Morgan fingerprint density at radius 2 is 2.05 bits per heavy atom. The number of methoxy groups -OCH3 is 1. The summed E-state index contributed by atoms with van der Waals surface area (Å²) in [5.74, 6) is 1.93. The van der Waals surface area contributed by atoms with Crippen molar-refractivity contribution in [3.8, 4) is 5.75 Å². The van der Waals surface area contributed by atoms with Crippen molar-refractivity contribution < 1.29 is 9.53 Å². The molecule has 0 aromatic heterocycles. The molecule has 1 saturated heterocycles. The summed E-state index contributed by atoms with van der Waals surface area (Å²) in [6.45, 7) is 2.95. The van der Waals surface area contributed by atoms with Crippen molar-refractivity contribution in [2.75, 3.05) is 7.11 Å². The number of benzene rings is 1. The Labute approximate surface area is 122 Å². The minimum Gasteiger partial charge on any atom is -0.497 e. The molecular weight excluding hydrogens is 306 g/mol. The van der Waals surface area contributed by atoms with Gasteiger partial charge in [-0.15, -0.1) is 0 Å². The third-order valence-electron chi connectivity index (χ3n) is 4.39. The number of ether oxygens (including phenoxy) is 1. The predicted molar refractivity (Wildman–Crippen MR) is 77.3 cm³/mol. The molecule has 3 rings (SSSR count). The lowest BCUT2D eigenvalue weighted by Gasteiger charge is -2.31. The van der Waals surface area contributed by atoms with Gasteiger partial charge in [-0.3, -0.25) is 4.79 Å². The first-order valence-electron chi connectivity index (χ1n) is 6.69. The number of fused-ring (bicyclic) bond motifs is 2. The van der Waals surface area contributed by atoms with Crippen LogP contribution >= 0.6 is 15.9 Å². The number of alkyl halides is 1. The second kappa shape index (κ2) is 4.82. The molecule has 0 N–H and O–H groups in total. The van der Waals surface area contributed by atoms with Crippen LogP contribution in [0.1, 0.15) is 18.9 Å². The van der Waals surface area contributed by atoms with Crippen LogP contribution in [-0.2, 0) is 11.3 Å². The van der Waals surface area contributed by atoms with Crippen molar-refractivity contribution in [2.24, 2.45) is 11.8 Å². The first-order valence-corrected chi connectivity index (χ1v) is 7.61. The highest BCUT2D eigenvalue weighted by Crippen LogP contribution is 2.47. The van der Waals surface area contributed by atoms with Crippen LogP contribution in [0.2, 0.25) is 0 Å². The van der Waals surface area contributed by atoms with Gasteiger partial charge in [-0.2, -0.15) is 0 Å². The number of hydrogen-bond acceptors (Lipinski definition) is 2. The second-order valence-corrected chi connectivity index (χ2v) is 6.63. The number of rotatable bonds is 3. The summed E-state index contributed by atoms with van der Waals surface area (Å²) in [7, 11) is 1.66. The fraction of sp³-hybridized carbons (Fsp3) is 0.533. The van der Waals surface area contributed by atoms with Gasteiger partial charge in [0, 0.05) is 17.4 Å². The van der Waals surface area contributed by atoms with Gasteiger partial charge in [0.15, 0.2) is 0 Å². The zero-order chi connectivity index (χ0) is 13.6. The van der Waals surface area contributed by atoms with E-state index < -0.39 is 0 Å². The highest BCUT2D eigenvalue weighted by atomic mass is 79.9. The molecule has 1 aliphatic carbocycles. The summed E-state index contributed by atoms with van der Waals surface area (Å²) in [6.07, 6.45) is 1.03. The van der Waals surface area contributed by atoms with E-state index in [0.717, 1.165) is 17.7 Å². The quantitative estimate of drug-likeness (QED) is 0.800. The highest BCUT2D eigenvalue weighted by Gasteiger charge is 2.54. The van der Waals surface area contributed by atoms with Crippen LogP contribution < -0.4 is 4.74 Å². The van der Waals surface area contributed by atoms with Crippen LogP contribution in [0, 0.1) is 11.8 Å². The Bertz CT molecular complexity index is 487. The minimum atomic E-state index is 0.179. The average Bonchev–Trinajstić information content (AvgIpc) is 2.82. The van der Waals surface area contributed by atoms with Crippen LogP contribution in [-0.4, -0.2) is 28.8 Å². The summed E-state index contributed by atoms with van der Waals surface area (Å²) in [5, 5.41) is 0. The van der Waals surface area contributed by atoms with Crippen LogP contribution in [0.15, 0.2) is 24.3 Å². The number of nitrogens with zero attached hydrogens (tertiary/aromatic N) is 1. The zero-order valence-corrected chi connectivity index (χ0v) is 12.8. The molecule has 2 aliphatic rings. The van der Waals surface area contributed by atoms with Gasteiger partial charge in [0.05, 0.1) is 13.0 Å². The van der Waals surface area contributed by atoms with E-state index in [4.69, 9.17) is 4.74 Å². The molecule has 1 amide bonds. The molecule has 1 heterocycles. The van der Waals surface area contributed by atoms with Crippen LogP contribution in [0.3, 0.4) is 0 Å². The van der Waals surface area contributed by atoms with Gasteiger partial charge in [-0.25, -0.2) is 0 Å².